The summed E-state index contributed by atoms with van der Waals surface area (Å²) >= 11 is 0. The fourth-order valence-electron chi connectivity index (χ4n) is 4.19. The van der Waals surface area contributed by atoms with Crippen molar-refractivity contribution in [2.75, 3.05) is 19.7 Å². The molecule has 0 saturated carbocycles. The van der Waals surface area contributed by atoms with Gasteiger partial charge in [0.15, 0.2) is 5.65 Å². The monoisotopic (exact) mass is 512 g/mol. The van der Waals surface area contributed by atoms with E-state index in [1.54, 1.807) is 19.1 Å². The van der Waals surface area contributed by atoms with Gasteiger partial charge in [0, 0.05) is 18.5 Å². The van der Waals surface area contributed by atoms with E-state index in [0.717, 1.165) is 12.1 Å². The number of carbonyl (C=O) groups is 1. The van der Waals surface area contributed by atoms with Crippen LogP contribution in [0, 0.1) is 5.92 Å². The Kier molecular flexibility index (Phi) is 6.49. The molecule has 9 nitrogen and oxygen atoms in total. The van der Waals surface area contributed by atoms with Crippen molar-refractivity contribution in [2.45, 2.75) is 37.4 Å². The SMILES string of the molecule is CCOc1ccc(S(=O)(=O)N2C[C@H](C)[C@@H](n3nc(CC(=O)O)c4ccc(C(F)(F)F)nc43)C2)cc1. The van der Waals surface area contributed by atoms with Crippen molar-refractivity contribution in [1.82, 2.24) is 19.1 Å². The molecule has 1 aliphatic rings. The molecule has 1 aliphatic heterocycles. The average molecular weight is 513 g/mol. The van der Waals surface area contributed by atoms with Gasteiger partial charge in [-0.3, -0.25) is 4.79 Å². The third-order valence-electron chi connectivity index (χ3n) is 5.87. The van der Waals surface area contributed by atoms with E-state index in [0.29, 0.717) is 12.4 Å². The van der Waals surface area contributed by atoms with E-state index >= 15 is 0 Å². The van der Waals surface area contributed by atoms with E-state index in [1.165, 1.54) is 21.1 Å². The van der Waals surface area contributed by atoms with Crippen molar-refractivity contribution in [2.24, 2.45) is 5.92 Å². The Hall–Kier alpha value is -3.19. The maximum atomic E-state index is 13.3. The molecule has 0 unspecified atom stereocenters. The van der Waals surface area contributed by atoms with Crippen LogP contribution in [-0.2, 0) is 27.4 Å². The molecule has 35 heavy (non-hydrogen) atoms. The van der Waals surface area contributed by atoms with Gasteiger partial charge in [-0.15, -0.1) is 0 Å². The lowest BCUT2D eigenvalue weighted by Crippen LogP contribution is -2.29. The summed E-state index contributed by atoms with van der Waals surface area (Å²) in [6.45, 7) is 4.05. The molecule has 2 aromatic heterocycles. The van der Waals surface area contributed by atoms with E-state index in [9.17, 15) is 31.5 Å². The average Bonchev–Trinajstić information content (AvgIpc) is 3.34. The van der Waals surface area contributed by atoms with Crippen molar-refractivity contribution in [3.63, 3.8) is 0 Å². The Labute approximate surface area is 199 Å². The van der Waals surface area contributed by atoms with Crippen molar-refractivity contribution in [3.05, 3.63) is 47.8 Å². The van der Waals surface area contributed by atoms with Crippen LogP contribution in [0.2, 0.25) is 0 Å². The van der Waals surface area contributed by atoms with Gasteiger partial charge in [-0.05, 0) is 49.2 Å². The zero-order valence-corrected chi connectivity index (χ0v) is 19.7. The first kappa shape index (κ1) is 24.9. The van der Waals surface area contributed by atoms with E-state index in [-0.39, 0.29) is 40.6 Å². The smallest absolute Gasteiger partial charge is 0.433 e. The second-order valence-electron chi connectivity index (χ2n) is 8.30. The molecule has 3 aromatic rings. The summed E-state index contributed by atoms with van der Waals surface area (Å²) in [5, 5.41) is 13.7. The van der Waals surface area contributed by atoms with Gasteiger partial charge in [-0.1, -0.05) is 6.92 Å². The number of benzene rings is 1. The molecule has 0 radical (unpaired) electrons. The number of aliphatic carboxylic acids is 1. The maximum absolute atomic E-state index is 13.3. The largest absolute Gasteiger partial charge is 0.494 e. The van der Waals surface area contributed by atoms with Crippen LogP contribution in [-0.4, -0.2) is 58.3 Å². The third kappa shape index (κ3) is 4.82. The highest BCUT2D eigenvalue weighted by molar-refractivity contribution is 7.89. The molecular formula is C22H23F3N4O5S. The Bertz CT molecular complexity index is 1360. The predicted octanol–water partition coefficient (Wildman–Crippen LogP) is 3.36. The van der Waals surface area contributed by atoms with Crippen LogP contribution in [0.3, 0.4) is 0 Å². The van der Waals surface area contributed by atoms with Crippen LogP contribution in [0.4, 0.5) is 13.2 Å². The molecule has 2 atom stereocenters. The lowest BCUT2D eigenvalue weighted by molar-refractivity contribution is -0.141. The van der Waals surface area contributed by atoms with Crippen LogP contribution in [0.5, 0.6) is 5.75 Å². The van der Waals surface area contributed by atoms with Crippen LogP contribution >= 0.6 is 0 Å². The fraction of sp³-hybridized carbons (Fsp3) is 0.409. The number of alkyl halides is 3. The Balaban J connectivity index is 1.71. The third-order valence-corrected chi connectivity index (χ3v) is 7.71. The van der Waals surface area contributed by atoms with Crippen molar-refractivity contribution < 1.29 is 36.2 Å². The Morgan fingerprint density at radius 1 is 1.17 bits per heavy atom. The van der Waals surface area contributed by atoms with Gasteiger partial charge in [-0.2, -0.15) is 22.6 Å². The van der Waals surface area contributed by atoms with Crippen LogP contribution in [0.1, 0.15) is 31.3 Å². The number of hydrogen-bond acceptors (Lipinski definition) is 6. The highest BCUT2D eigenvalue weighted by Crippen LogP contribution is 2.36. The summed E-state index contributed by atoms with van der Waals surface area (Å²) < 4.78 is 74.3. The molecule has 1 saturated heterocycles. The van der Waals surface area contributed by atoms with Crippen LogP contribution < -0.4 is 4.74 Å². The molecule has 188 valence electrons. The van der Waals surface area contributed by atoms with Gasteiger partial charge >= 0.3 is 12.1 Å². The molecule has 0 aliphatic carbocycles. The minimum atomic E-state index is -4.71. The number of pyridine rings is 1. The molecule has 0 spiro atoms. The number of sulfonamides is 1. The molecule has 1 aromatic carbocycles. The lowest BCUT2D eigenvalue weighted by atomic mass is 10.1. The van der Waals surface area contributed by atoms with E-state index in [2.05, 4.69) is 10.1 Å². The molecule has 0 bridgehead atoms. The number of carboxylic acids is 1. The molecule has 1 fully saturated rings. The zero-order valence-electron chi connectivity index (χ0n) is 18.9. The van der Waals surface area contributed by atoms with Gasteiger partial charge < -0.3 is 9.84 Å². The maximum Gasteiger partial charge on any atom is 0.433 e. The number of halogens is 3. The summed E-state index contributed by atoms with van der Waals surface area (Å²) in [5.74, 6) is -1.00. The first-order valence-corrected chi connectivity index (χ1v) is 12.3. The minimum Gasteiger partial charge on any atom is -0.494 e. The number of rotatable bonds is 7. The number of carboxylic acid groups (broad SMARTS) is 1. The summed E-state index contributed by atoms with van der Waals surface area (Å²) in [6, 6.07) is 7.26. The molecule has 13 heteroatoms. The number of aromatic nitrogens is 3. The predicted molar refractivity (Wildman–Crippen MR) is 118 cm³/mol. The Morgan fingerprint density at radius 2 is 1.86 bits per heavy atom. The lowest BCUT2D eigenvalue weighted by Gasteiger charge is -2.17. The van der Waals surface area contributed by atoms with Crippen LogP contribution in [0.15, 0.2) is 41.3 Å². The van der Waals surface area contributed by atoms with Crippen molar-refractivity contribution >= 4 is 27.0 Å². The molecule has 4 rings (SSSR count). The van der Waals surface area contributed by atoms with E-state index < -0.39 is 40.3 Å². The molecular weight excluding hydrogens is 489 g/mol. The quantitative estimate of drug-likeness (QED) is 0.516. The second kappa shape index (κ2) is 9.11. The number of nitrogens with zero attached hydrogens (tertiary/aromatic N) is 4. The van der Waals surface area contributed by atoms with E-state index in [4.69, 9.17) is 4.74 Å². The zero-order chi connectivity index (χ0) is 25.5. The first-order valence-electron chi connectivity index (χ1n) is 10.8. The minimum absolute atomic E-state index is 0.0576. The summed E-state index contributed by atoms with van der Waals surface area (Å²) in [6.07, 6.45) is -5.22. The van der Waals surface area contributed by atoms with Crippen molar-refractivity contribution in [3.8, 4) is 5.75 Å². The number of fused-ring (bicyclic) bond motifs is 1. The standard InChI is InChI=1S/C22H23F3N4O5S/c1-3-34-14-4-6-15(7-5-14)35(32,33)28-11-13(2)18(12-28)29-21-16(17(27-29)10-20(30)31)8-9-19(26-21)22(23,24)25/h4-9,13,18H,3,10-12H2,1-2H3,(H,30,31)/t13-,18-/m0/s1. The number of hydrogen-bond donors (Lipinski definition) is 1. The van der Waals surface area contributed by atoms with Gasteiger partial charge in [0.1, 0.15) is 11.4 Å². The van der Waals surface area contributed by atoms with E-state index in [1.807, 2.05) is 6.92 Å². The normalized spacial score (nSPS) is 19.3. The molecule has 3 heterocycles. The highest BCUT2D eigenvalue weighted by Gasteiger charge is 2.40. The van der Waals surface area contributed by atoms with Crippen molar-refractivity contribution in [1.29, 1.82) is 0 Å². The topological polar surface area (TPSA) is 115 Å². The van der Waals surface area contributed by atoms with Gasteiger partial charge in [0.25, 0.3) is 0 Å². The second-order valence-corrected chi connectivity index (χ2v) is 10.2. The van der Waals surface area contributed by atoms with Crippen LogP contribution in [0.25, 0.3) is 11.0 Å². The van der Waals surface area contributed by atoms with Gasteiger partial charge in [0.2, 0.25) is 10.0 Å². The molecule has 1 N–H and O–H groups in total. The number of ether oxygens (including phenoxy) is 1. The molecule has 0 amide bonds. The summed E-state index contributed by atoms with van der Waals surface area (Å²) in [7, 11) is -3.90. The fourth-order valence-corrected chi connectivity index (χ4v) is 5.75. The first-order chi connectivity index (χ1) is 16.4. The summed E-state index contributed by atoms with van der Waals surface area (Å²) in [4.78, 5) is 15.1. The van der Waals surface area contributed by atoms with Gasteiger partial charge in [-0.25, -0.2) is 18.1 Å². The van der Waals surface area contributed by atoms with Gasteiger partial charge in [0.05, 0.1) is 29.7 Å². The highest BCUT2D eigenvalue weighted by atomic mass is 32.2. The Morgan fingerprint density at radius 3 is 2.46 bits per heavy atom. The summed E-state index contributed by atoms with van der Waals surface area (Å²) in [5.41, 5.74) is -1.21.